The Hall–Kier alpha value is -2.63. The van der Waals surface area contributed by atoms with E-state index in [1.54, 1.807) is 36.0 Å². The highest BCUT2D eigenvalue weighted by Crippen LogP contribution is 2.16. The van der Waals surface area contributed by atoms with Gasteiger partial charge in [-0.15, -0.1) is 0 Å². The maximum absolute atomic E-state index is 12.3. The number of carbonyl (C=O) groups excluding carboxylic acids is 2. The van der Waals surface area contributed by atoms with Crippen LogP contribution in [-0.2, 0) is 9.53 Å². The summed E-state index contributed by atoms with van der Waals surface area (Å²) in [6.45, 7) is 9.65. The number of nitrogens with zero attached hydrogens (tertiary/aromatic N) is 2. The van der Waals surface area contributed by atoms with E-state index in [0.717, 1.165) is 5.56 Å². The first-order valence-corrected chi connectivity index (χ1v) is 8.45. The van der Waals surface area contributed by atoms with Gasteiger partial charge in [0, 0.05) is 12.1 Å². The first-order valence-electron chi connectivity index (χ1n) is 8.45. The van der Waals surface area contributed by atoms with Crippen LogP contribution in [0.15, 0.2) is 36.5 Å². The molecule has 0 aliphatic heterocycles. The Morgan fingerprint density at radius 3 is 2.24 bits per heavy atom. The van der Waals surface area contributed by atoms with Gasteiger partial charge in [-0.2, -0.15) is 5.10 Å². The Morgan fingerprint density at radius 2 is 1.68 bits per heavy atom. The van der Waals surface area contributed by atoms with Crippen molar-refractivity contribution in [2.45, 2.75) is 52.7 Å². The number of nitrogens with one attached hydrogen (secondary N) is 1. The summed E-state index contributed by atoms with van der Waals surface area (Å²) in [6.07, 6.45) is 0.704. The lowest BCUT2D eigenvalue weighted by Gasteiger charge is -2.16. The second kappa shape index (κ2) is 7.96. The Bertz CT molecular complexity index is 733. The van der Waals surface area contributed by atoms with Crippen LogP contribution in [-0.4, -0.2) is 27.8 Å². The molecule has 1 aromatic heterocycles. The molecule has 2 aromatic rings. The predicted molar refractivity (Wildman–Crippen MR) is 96.7 cm³/mol. The maximum Gasteiger partial charge on any atom is 0.338 e. The van der Waals surface area contributed by atoms with E-state index < -0.39 is 18.0 Å². The van der Waals surface area contributed by atoms with E-state index in [9.17, 15) is 9.59 Å². The van der Waals surface area contributed by atoms with E-state index in [1.165, 1.54) is 0 Å². The van der Waals surface area contributed by atoms with Crippen LogP contribution in [0, 0.1) is 0 Å². The number of anilines is 1. The molecule has 2 rings (SSSR count). The third-order valence-corrected chi connectivity index (χ3v) is 3.88. The van der Waals surface area contributed by atoms with Gasteiger partial charge in [0.1, 0.15) is 5.82 Å². The minimum atomic E-state index is -0.909. The quantitative estimate of drug-likeness (QED) is 0.810. The lowest BCUT2D eigenvalue weighted by Crippen LogP contribution is -2.31. The molecule has 0 aliphatic rings. The molecule has 0 bridgehead atoms. The third-order valence-electron chi connectivity index (χ3n) is 3.88. The Balaban J connectivity index is 1.98. The average Bonchev–Trinajstić information content (AvgIpc) is 3.03. The van der Waals surface area contributed by atoms with Crippen molar-refractivity contribution >= 4 is 17.7 Å². The summed E-state index contributed by atoms with van der Waals surface area (Å²) in [5, 5.41) is 6.89. The first kappa shape index (κ1) is 18.7. The molecule has 1 amide bonds. The molecule has 25 heavy (non-hydrogen) atoms. The van der Waals surface area contributed by atoms with Crippen LogP contribution in [0.25, 0.3) is 0 Å². The molecular weight excluding hydrogens is 318 g/mol. The van der Waals surface area contributed by atoms with Gasteiger partial charge in [-0.1, -0.05) is 26.0 Å². The van der Waals surface area contributed by atoms with Gasteiger partial charge in [0.25, 0.3) is 5.91 Å². The van der Waals surface area contributed by atoms with Crippen molar-refractivity contribution in [1.82, 2.24) is 9.78 Å². The molecule has 0 radical (unpaired) electrons. The van der Waals surface area contributed by atoms with Crippen LogP contribution in [0.1, 0.15) is 62.5 Å². The SMILES string of the molecule is CC(C)c1ccc(C(=O)O[C@H](C)C(=O)Nc2ccnn2C(C)C)cc1. The Kier molecular flexibility index (Phi) is 5.96. The average molecular weight is 343 g/mol. The molecule has 1 N–H and O–H groups in total. The molecule has 0 spiro atoms. The lowest BCUT2D eigenvalue weighted by atomic mass is 10.0. The van der Waals surface area contributed by atoms with Crippen molar-refractivity contribution < 1.29 is 14.3 Å². The molecule has 6 nitrogen and oxygen atoms in total. The highest BCUT2D eigenvalue weighted by molar-refractivity contribution is 5.96. The molecule has 134 valence electrons. The summed E-state index contributed by atoms with van der Waals surface area (Å²) in [4.78, 5) is 24.5. The largest absolute Gasteiger partial charge is 0.449 e. The summed E-state index contributed by atoms with van der Waals surface area (Å²) in [6, 6.07) is 9.05. The molecule has 1 aromatic carbocycles. The van der Waals surface area contributed by atoms with Crippen molar-refractivity contribution in [3.63, 3.8) is 0 Å². The highest BCUT2D eigenvalue weighted by Gasteiger charge is 2.20. The summed E-state index contributed by atoms with van der Waals surface area (Å²) < 4.78 is 6.96. The van der Waals surface area contributed by atoms with E-state index in [-0.39, 0.29) is 6.04 Å². The molecule has 1 atom stereocenters. The van der Waals surface area contributed by atoms with E-state index in [4.69, 9.17) is 4.74 Å². The number of rotatable bonds is 6. The van der Waals surface area contributed by atoms with Crippen molar-refractivity contribution in [2.24, 2.45) is 0 Å². The minimum Gasteiger partial charge on any atom is -0.449 e. The predicted octanol–water partition coefficient (Wildman–Crippen LogP) is 3.77. The molecular formula is C19H25N3O3. The van der Waals surface area contributed by atoms with Crippen molar-refractivity contribution in [3.05, 3.63) is 47.7 Å². The van der Waals surface area contributed by atoms with Gasteiger partial charge < -0.3 is 10.1 Å². The molecule has 0 saturated heterocycles. The molecule has 0 unspecified atom stereocenters. The van der Waals surface area contributed by atoms with Crippen LogP contribution in [0.5, 0.6) is 0 Å². The van der Waals surface area contributed by atoms with Crippen molar-refractivity contribution in [1.29, 1.82) is 0 Å². The third kappa shape index (κ3) is 4.68. The Morgan fingerprint density at radius 1 is 1.04 bits per heavy atom. The number of aromatic nitrogens is 2. The second-order valence-electron chi connectivity index (χ2n) is 6.57. The van der Waals surface area contributed by atoms with Gasteiger partial charge in [0.15, 0.2) is 6.10 Å². The topological polar surface area (TPSA) is 73.2 Å². The van der Waals surface area contributed by atoms with Crippen molar-refractivity contribution in [3.8, 4) is 0 Å². The molecule has 1 heterocycles. The number of hydrogen-bond acceptors (Lipinski definition) is 4. The molecule has 0 fully saturated rings. The summed E-state index contributed by atoms with van der Waals surface area (Å²) in [5.74, 6) is 0.0506. The van der Waals surface area contributed by atoms with Crippen molar-refractivity contribution in [2.75, 3.05) is 5.32 Å². The zero-order valence-corrected chi connectivity index (χ0v) is 15.3. The van der Waals surface area contributed by atoms with E-state index in [0.29, 0.717) is 17.3 Å². The lowest BCUT2D eigenvalue weighted by molar-refractivity contribution is -0.123. The number of amides is 1. The summed E-state index contributed by atoms with van der Waals surface area (Å²) in [7, 11) is 0. The maximum atomic E-state index is 12.3. The van der Waals surface area contributed by atoms with E-state index >= 15 is 0 Å². The number of benzene rings is 1. The summed E-state index contributed by atoms with van der Waals surface area (Å²) >= 11 is 0. The molecule has 6 heteroatoms. The fourth-order valence-corrected chi connectivity index (χ4v) is 2.34. The normalized spacial score (nSPS) is 12.3. The molecule has 0 saturated carbocycles. The van der Waals surface area contributed by atoms with Gasteiger partial charge in [0.05, 0.1) is 11.8 Å². The smallest absolute Gasteiger partial charge is 0.338 e. The van der Waals surface area contributed by atoms with Crippen LogP contribution >= 0.6 is 0 Å². The number of ether oxygens (including phenoxy) is 1. The van der Waals surface area contributed by atoms with Gasteiger partial charge in [-0.3, -0.25) is 4.79 Å². The van der Waals surface area contributed by atoms with E-state index in [1.807, 2.05) is 26.0 Å². The zero-order chi connectivity index (χ0) is 18.6. The summed E-state index contributed by atoms with van der Waals surface area (Å²) in [5.41, 5.74) is 1.57. The van der Waals surface area contributed by atoms with Crippen LogP contribution in [0.2, 0.25) is 0 Å². The number of carbonyl (C=O) groups is 2. The van der Waals surface area contributed by atoms with E-state index in [2.05, 4.69) is 24.3 Å². The van der Waals surface area contributed by atoms with Crippen LogP contribution < -0.4 is 5.32 Å². The van der Waals surface area contributed by atoms with Gasteiger partial charge in [-0.25, -0.2) is 9.48 Å². The van der Waals surface area contributed by atoms with Gasteiger partial charge in [0.2, 0.25) is 0 Å². The Labute approximate surface area is 148 Å². The van der Waals surface area contributed by atoms with Gasteiger partial charge in [-0.05, 0) is 44.4 Å². The first-order chi connectivity index (χ1) is 11.8. The fraction of sp³-hybridized carbons (Fsp3) is 0.421. The molecule has 0 aliphatic carbocycles. The van der Waals surface area contributed by atoms with Gasteiger partial charge >= 0.3 is 5.97 Å². The monoisotopic (exact) mass is 343 g/mol. The highest BCUT2D eigenvalue weighted by atomic mass is 16.5. The zero-order valence-electron chi connectivity index (χ0n) is 15.3. The number of esters is 1. The van der Waals surface area contributed by atoms with Crippen LogP contribution in [0.4, 0.5) is 5.82 Å². The number of hydrogen-bond donors (Lipinski definition) is 1. The minimum absolute atomic E-state index is 0.114. The standard InChI is InChI=1S/C19H25N3O3/c1-12(2)15-6-8-16(9-7-15)19(24)25-14(5)18(23)21-17-10-11-20-22(17)13(3)4/h6-14H,1-5H3,(H,21,23)/t14-/m1/s1. The fourth-order valence-electron chi connectivity index (χ4n) is 2.34. The van der Waals surface area contributed by atoms with Crippen LogP contribution in [0.3, 0.4) is 0 Å². The second-order valence-corrected chi connectivity index (χ2v) is 6.57.